The summed E-state index contributed by atoms with van der Waals surface area (Å²) < 4.78 is 6.36. The molecule has 0 unspecified atom stereocenters. The molecule has 1 heterocycles. The van der Waals surface area contributed by atoms with Crippen molar-refractivity contribution in [1.29, 1.82) is 0 Å². The van der Waals surface area contributed by atoms with E-state index < -0.39 is 0 Å². The summed E-state index contributed by atoms with van der Waals surface area (Å²) in [5.74, 6) is 0.182. The van der Waals surface area contributed by atoms with Crippen LogP contribution in [0.1, 0.15) is 15.2 Å². The maximum Gasteiger partial charge on any atom is 0.255 e. The van der Waals surface area contributed by atoms with Crippen molar-refractivity contribution >= 4 is 17.5 Å². The van der Waals surface area contributed by atoms with Gasteiger partial charge in [-0.15, -0.1) is 0 Å². The van der Waals surface area contributed by atoms with Crippen LogP contribution in [0, 0.1) is 0 Å². The molecule has 2 rings (SSSR count). The zero-order chi connectivity index (χ0) is 14.5. The van der Waals surface area contributed by atoms with Crippen LogP contribution in [0.2, 0.25) is 0 Å². The fraction of sp³-hybridized carbons (Fsp3) is 0.143. The summed E-state index contributed by atoms with van der Waals surface area (Å²) in [6.07, 6.45) is 3.08. The van der Waals surface area contributed by atoms with E-state index in [0.29, 0.717) is 17.0 Å². The van der Waals surface area contributed by atoms with Crippen molar-refractivity contribution in [3.05, 3.63) is 48.3 Å². The minimum Gasteiger partial charge on any atom is -0.497 e. The number of aromatic nitrogens is 1. The van der Waals surface area contributed by atoms with Crippen LogP contribution in [0.4, 0.5) is 5.69 Å². The van der Waals surface area contributed by atoms with Crippen molar-refractivity contribution in [3.63, 3.8) is 0 Å². The number of rotatable bonds is 4. The number of ether oxygens (including phenoxy) is 1. The summed E-state index contributed by atoms with van der Waals surface area (Å²) >= 11 is 0. The van der Waals surface area contributed by atoms with Gasteiger partial charge < -0.3 is 15.8 Å². The zero-order valence-electron chi connectivity index (χ0n) is 11.0. The summed E-state index contributed by atoms with van der Waals surface area (Å²) in [6.45, 7) is -0.0828. The van der Waals surface area contributed by atoms with Crippen LogP contribution in [-0.4, -0.2) is 30.0 Å². The van der Waals surface area contributed by atoms with Crippen molar-refractivity contribution in [2.45, 2.75) is 0 Å². The number of hydrogen-bond donors (Lipinski definition) is 2. The van der Waals surface area contributed by atoms with Gasteiger partial charge in [0.1, 0.15) is 5.75 Å². The first-order valence-corrected chi connectivity index (χ1v) is 6.00. The van der Waals surface area contributed by atoms with E-state index in [1.165, 1.54) is 10.8 Å². The maximum absolute atomic E-state index is 12.0. The molecule has 104 valence electrons. The number of hydrogen-bond acceptors (Lipinski definition) is 4. The third kappa shape index (κ3) is 3.04. The fourth-order valence-corrected chi connectivity index (χ4v) is 1.68. The number of carbonyl (C=O) groups is 2. The minimum absolute atomic E-state index is 0.0828. The number of nitrogens with one attached hydrogen (secondary N) is 1. The standard InChI is InChI=1S/C14H15N3O3/c1-20-12-4-2-10(3-5-12)14(19)16-11-6-7-17(9-11)13(18)8-15/h2-7,9H,8,15H2,1H3,(H,16,19). The van der Waals surface area contributed by atoms with Crippen LogP contribution in [0.5, 0.6) is 5.75 Å². The van der Waals surface area contributed by atoms with Gasteiger partial charge >= 0.3 is 0 Å². The topological polar surface area (TPSA) is 86.3 Å². The van der Waals surface area contributed by atoms with Crippen LogP contribution < -0.4 is 15.8 Å². The molecular weight excluding hydrogens is 258 g/mol. The Hall–Kier alpha value is -2.60. The summed E-state index contributed by atoms with van der Waals surface area (Å²) in [5.41, 5.74) is 6.30. The molecule has 0 spiro atoms. The largest absolute Gasteiger partial charge is 0.497 e. The average Bonchev–Trinajstić information content (AvgIpc) is 2.95. The lowest BCUT2D eigenvalue weighted by Gasteiger charge is -2.04. The number of anilines is 1. The van der Waals surface area contributed by atoms with Crippen molar-refractivity contribution in [3.8, 4) is 5.75 Å². The third-order valence-electron chi connectivity index (χ3n) is 2.77. The molecule has 6 heteroatoms. The number of amides is 1. The molecule has 0 aliphatic carbocycles. The average molecular weight is 273 g/mol. The number of nitrogens with two attached hydrogens (primary N) is 1. The van der Waals surface area contributed by atoms with Gasteiger partial charge in [-0.3, -0.25) is 14.2 Å². The molecule has 3 N–H and O–H groups in total. The summed E-state index contributed by atoms with van der Waals surface area (Å²) in [7, 11) is 1.56. The van der Waals surface area contributed by atoms with Crippen LogP contribution in [0.3, 0.4) is 0 Å². The molecule has 0 saturated heterocycles. The van der Waals surface area contributed by atoms with Crippen LogP contribution in [0.25, 0.3) is 0 Å². The molecule has 0 radical (unpaired) electrons. The van der Waals surface area contributed by atoms with E-state index >= 15 is 0 Å². The summed E-state index contributed by atoms with van der Waals surface area (Å²) in [4.78, 5) is 23.4. The van der Waals surface area contributed by atoms with Gasteiger partial charge in [-0.1, -0.05) is 0 Å². The van der Waals surface area contributed by atoms with Crippen molar-refractivity contribution in [2.24, 2.45) is 5.73 Å². The number of carbonyl (C=O) groups excluding carboxylic acids is 2. The van der Waals surface area contributed by atoms with Gasteiger partial charge in [0.2, 0.25) is 5.91 Å². The molecule has 0 bridgehead atoms. The number of nitrogens with zero attached hydrogens (tertiary/aromatic N) is 1. The maximum atomic E-state index is 12.0. The Kier molecular flexibility index (Phi) is 4.17. The fourth-order valence-electron chi connectivity index (χ4n) is 1.68. The van der Waals surface area contributed by atoms with Gasteiger partial charge in [-0.2, -0.15) is 0 Å². The molecule has 20 heavy (non-hydrogen) atoms. The first-order valence-electron chi connectivity index (χ1n) is 6.00. The van der Waals surface area contributed by atoms with Crippen molar-refractivity contribution in [2.75, 3.05) is 19.0 Å². The highest BCUT2D eigenvalue weighted by atomic mass is 16.5. The molecule has 1 aromatic heterocycles. The van der Waals surface area contributed by atoms with Gasteiger partial charge in [0.25, 0.3) is 5.91 Å². The SMILES string of the molecule is COc1ccc(C(=O)Nc2ccn(C(=O)CN)c2)cc1. The van der Waals surface area contributed by atoms with Gasteiger partial charge in [-0.25, -0.2) is 0 Å². The molecule has 0 aliphatic rings. The molecular formula is C14H15N3O3. The highest BCUT2D eigenvalue weighted by Gasteiger charge is 2.08. The van der Waals surface area contributed by atoms with E-state index in [0.717, 1.165) is 0 Å². The van der Waals surface area contributed by atoms with E-state index in [9.17, 15) is 9.59 Å². The normalized spacial score (nSPS) is 10.1. The highest BCUT2D eigenvalue weighted by Crippen LogP contribution is 2.14. The lowest BCUT2D eigenvalue weighted by Crippen LogP contribution is -2.19. The molecule has 1 aromatic carbocycles. The third-order valence-corrected chi connectivity index (χ3v) is 2.77. The Balaban J connectivity index is 2.07. The first-order chi connectivity index (χ1) is 9.63. The Morgan fingerprint density at radius 2 is 1.95 bits per heavy atom. The molecule has 2 aromatic rings. The van der Waals surface area contributed by atoms with E-state index in [1.807, 2.05) is 0 Å². The Labute approximate surface area is 116 Å². The zero-order valence-corrected chi connectivity index (χ0v) is 11.0. The number of benzene rings is 1. The van der Waals surface area contributed by atoms with E-state index in [-0.39, 0.29) is 18.4 Å². The lowest BCUT2D eigenvalue weighted by atomic mass is 10.2. The van der Waals surface area contributed by atoms with Crippen LogP contribution >= 0.6 is 0 Å². The monoisotopic (exact) mass is 273 g/mol. The molecule has 0 saturated carbocycles. The Morgan fingerprint density at radius 1 is 1.25 bits per heavy atom. The quantitative estimate of drug-likeness (QED) is 0.880. The number of methoxy groups -OCH3 is 1. The van der Waals surface area contributed by atoms with E-state index in [4.69, 9.17) is 10.5 Å². The second-order valence-corrected chi connectivity index (χ2v) is 4.09. The lowest BCUT2D eigenvalue weighted by molar-refractivity contribution is 0.0923. The van der Waals surface area contributed by atoms with Gasteiger partial charge in [0.05, 0.1) is 19.3 Å². The molecule has 1 amide bonds. The van der Waals surface area contributed by atoms with Crippen LogP contribution in [0.15, 0.2) is 42.7 Å². The molecule has 0 fully saturated rings. The molecule has 6 nitrogen and oxygen atoms in total. The summed E-state index contributed by atoms with van der Waals surface area (Å²) in [5, 5.41) is 2.70. The second kappa shape index (κ2) is 6.03. The van der Waals surface area contributed by atoms with Crippen LogP contribution in [-0.2, 0) is 0 Å². The smallest absolute Gasteiger partial charge is 0.255 e. The van der Waals surface area contributed by atoms with Crippen molar-refractivity contribution < 1.29 is 14.3 Å². The van der Waals surface area contributed by atoms with Crippen molar-refractivity contribution in [1.82, 2.24) is 4.57 Å². The molecule has 0 atom stereocenters. The van der Waals surface area contributed by atoms with Gasteiger partial charge in [0.15, 0.2) is 0 Å². The second-order valence-electron chi connectivity index (χ2n) is 4.09. The predicted molar refractivity (Wildman–Crippen MR) is 75.1 cm³/mol. The van der Waals surface area contributed by atoms with E-state index in [1.54, 1.807) is 43.6 Å². The summed E-state index contributed by atoms with van der Waals surface area (Å²) in [6, 6.07) is 8.37. The van der Waals surface area contributed by atoms with Gasteiger partial charge in [-0.05, 0) is 30.3 Å². The van der Waals surface area contributed by atoms with Gasteiger partial charge in [0, 0.05) is 18.0 Å². The first kappa shape index (κ1) is 13.8. The van der Waals surface area contributed by atoms with E-state index in [2.05, 4.69) is 5.32 Å². The Bertz CT molecular complexity index is 617. The highest BCUT2D eigenvalue weighted by molar-refractivity contribution is 6.04. The Morgan fingerprint density at radius 3 is 2.55 bits per heavy atom. The molecule has 0 aliphatic heterocycles. The predicted octanol–water partition coefficient (Wildman–Crippen LogP) is 1.35. The minimum atomic E-state index is -0.259.